The molecular weight excluding hydrogens is 475 g/mol. The summed E-state index contributed by atoms with van der Waals surface area (Å²) in [6.07, 6.45) is 1.77. The Bertz CT molecular complexity index is 1350. The molecule has 1 saturated heterocycles. The number of anilines is 2. The average Bonchev–Trinajstić information content (AvgIpc) is 2.84. The highest BCUT2D eigenvalue weighted by Gasteiger charge is 2.20. The molecule has 0 atom stereocenters. The third kappa shape index (κ3) is 4.73. The number of ether oxygens (including phenoxy) is 1. The van der Waals surface area contributed by atoms with Gasteiger partial charge in [0.15, 0.2) is 5.65 Å². The quantitative estimate of drug-likeness (QED) is 0.386. The van der Waals surface area contributed by atoms with E-state index in [1.165, 1.54) is 10.8 Å². The van der Waals surface area contributed by atoms with Crippen molar-refractivity contribution in [2.24, 2.45) is 5.92 Å². The van der Waals surface area contributed by atoms with E-state index in [0.29, 0.717) is 64.0 Å². The molecule has 174 valence electrons. The van der Waals surface area contributed by atoms with Crippen LogP contribution < -0.4 is 15.7 Å². The van der Waals surface area contributed by atoms with E-state index in [1.54, 1.807) is 24.3 Å². The van der Waals surface area contributed by atoms with Crippen LogP contribution in [0.1, 0.15) is 12.8 Å². The van der Waals surface area contributed by atoms with Crippen molar-refractivity contribution in [2.45, 2.75) is 12.8 Å². The molecule has 0 saturated carbocycles. The van der Waals surface area contributed by atoms with Crippen LogP contribution in [0.4, 0.5) is 11.6 Å². The fraction of sp³-hybridized carbons (Fsp3) is 0.240. The van der Waals surface area contributed by atoms with E-state index < -0.39 is 0 Å². The van der Waals surface area contributed by atoms with Crippen molar-refractivity contribution in [3.63, 3.8) is 0 Å². The summed E-state index contributed by atoms with van der Waals surface area (Å²) in [5, 5.41) is 4.69. The molecule has 7 nitrogen and oxygen atoms in total. The first-order chi connectivity index (χ1) is 16.6. The lowest BCUT2D eigenvalue weighted by Crippen LogP contribution is -2.32. The molecule has 0 spiro atoms. The van der Waals surface area contributed by atoms with Gasteiger partial charge in [-0.15, -0.1) is 4.73 Å². The van der Waals surface area contributed by atoms with Crippen molar-refractivity contribution in [2.75, 3.05) is 25.1 Å². The average molecular weight is 497 g/mol. The molecule has 1 N–H and O–H groups in total. The maximum Gasteiger partial charge on any atom is 0.285 e. The van der Waals surface area contributed by atoms with Crippen molar-refractivity contribution in [1.82, 2.24) is 14.7 Å². The Morgan fingerprint density at radius 3 is 2.44 bits per heavy atom. The largest absolute Gasteiger partial charge is 0.408 e. The van der Waals surface area contributed by atoms with Gasteiger partial charge in [-0.2, -0.15) is 4.98 Å². The molecule has 4 aromatic rings. The summed E-state index contributed by atoms with van der Waals surface area (Å²) in [7, 11) is 0. The van der Waals surface area contributed by atoms with Gasteiger partial charge in [0, 0.05) is 35.9 Å². The zero-order valence-corrected chi connectivity index (χ0v) is 19.7. The Labute approximate surface area is 206 Å². The SMILES string of the molecule is O=c1ccc2c(-c3c(Cl)cccc3Cl)nc(Nc3ccccc3)nc2n1OCC1CCOCC1. The lowest BCUT2D eigenvalue weighted by molar-refractivity contribution is 0.0152. The number of aromatic nitrogens is 3. The summed E-state index contributed by atoms with van der Waals surface area (Å²) < 4.78 is 6.66. The van der Waals surface area contributed by atoms with E-state index in [-0.39, 0.29) is 5.56 Å². The van der Waals surface area contributed by atoms with Crippen LogP contribution in [0.15, 0.2) is 65.5 Å². The molecule has 2 aromatic carbocycles. The van der Waals surface area contributed by atoms with Gasteiger partial charge in [0.25, 0.3) is 5.56 Å². The normalized spacial score (nSPS) is 14.3. The minimum absolute atomic E-state index is 0.290. The summed E-state index contributed by atoms with van der Waals surface area (Å²) >= 11 is 13.1. The van der Waals surface area contributed by atoms with E-state index in [9.17, 15) is 4.79 Å². The Balaban J connectivity index is 1.66. The van der Waals surface area contributed by atoms with Gasteiger partial charge >= 0.3 is 0 Å². The summed E-state index contributed by atoms with van der Waals surface area (Å²) in [5.41, 5.74) is 1.87. The van der Waals surface area contributed by atoms with Crippen molar-refractivity contribution < 1.29 is 9.57 Å². The maximum absolute atomic E-state index is 12.8. The Morgan fingerprint density at radius 1 is 0.971 bits per heavy atom. The zero-order chi connectivity index (χ0) is 23.5. The van der Waals surface area contributed by atoms with Gasteiger partial charge in [-0.1, -0.05) is 47.5 Å². The maximum atomic E-state index is 12.8. The van der Waals surface area contributed by atoms with Crippen LogP contribution in [-0.4, -0.2) is 34.5 Å². The highest BCUT2D eigenvalue weighted by Crippen LogP contribution is 2.37. The molecule has 0 bridgehead atoms. The second-order valence-corrected chi connectivity index (χ2v) is 8.85. The highest BCUT2D eigenvalue weighted by molar-refractivity contribution is 6.39. The monoisotopic (exact) mass is 496 g/mol. The van der Waals surface area contributed by atoms with E-state index >= 15 is 0 Å². The molecule has 0 unspecified atom stereocenters. The molecule has 0 radical (unpaired) electrons. The number of nitrogens with zero attached hydrogens (tertiary/aromatic N) is 3. The van der Waals surface area contributed by atoms with Gasteiger partial charge in [0.05, 0.1) is 15.7 Å². The van der Waals surface area contributed by atoms with Crippen LogP contribution in [-0.2, 0) is 4.74 Å². The summed E-state index contributed by atoms with van der Waals surface area (Å²) in [6.45, 7) is 1.78. The highest BCUT2D eigenvalue weighted by atomic mass is 35.5. The number of fused-ring (bicyclic) bond motifs is 1. The number of benzene rings is 2. The van der Waals surface area contributed by atoms with Gasteiger partial charge < -0.3 is 14.9 Å². The summed E-state index contributed by atoms with van der Waals surface area (Å²) in [4.78, 5) is 28.2. The topological polar surface area (TPSA) is 78.3 Å². The van der Waals surface area contributed by atoms with Crippen molar-refractivity contribution >= 4 is 45.9 Å². The van der Waals surface area contributed by atoms with Crippen LogP contribution in [0.3, 0.4) is 0 Å². The Morgan fingerprint density at radius 2 is 1.71 bits per heavy atom. The van der Waals surface area contributed by atoms with Crippen molar-refractivity contribution in [1.29, 1.82) is 0 Å². The first-order valence-electron chi connectivity index (χ1n) is 11.0. The fourth-order valence-electron chi connectivity index (χ4n) is 3.93. The van der Waals surface area contributed by atoms with Crippen LogP contribution in [0.2, 0.25) is 10.0 Å². The molecule has 2 aromatic heterocycles. The standard InChI is InChI=1S/C25H22Cl2N4O3/c26-19-7-4-8-20(27)22(19)23-18-9-10-21(32)31(34-15-16-11-13-33-14-12-16)24(18)30-25(29-23)28-17-5-2-1-3-6-17/h1-10,16H,11-15H2,(H,28,29,30). The Hall–Kier alpha value is -3.13. The van der Waals surface area contributed by atoms with Crippen LogP contribution in [0, 0.1) is 5.92 Å². The molecule has 34 heavy (non-hydrogen) atoms. The van der Waals surface area contributed by atoms with E-state index in [2.05, 4.69) is 10.3 Å². The molecule has 0 aliphatic carbocycles. The molecule has 1 fully saturated rings. The predicted octanol–water partition coefficient (Wildman–Crippen LogP) is 5.36. The van der Waals surface area contributed by atoms with Crippen molar-refractivity contribution in [3.05, 3.63) is 81.1 Å². The minimum atomic E-state index is -0.319. The van der Waals surface area contributed by atoms with E-state index in [1.807, 2.05) is 30.3 Å². The molecule has 5 rings (SSSR count). The van der Waals surface area contributed by atoms with Crippen LogP contribution >= 0.6 is 23.2 Å². The van der Waals surface area contributed by atoms with Gasteiger partial charge in [-0.3, -0.25) is 4.79 Å². The van der Waals surface area contributed by atoms with Gasteiger partial charge in [0.2, 0.25) is 5.95 Å². The first-order valence-corrected chi connectivity index (χ1v) is 11.8. The molecular formula is C25H22Cl2N4O3. The zero-order valence-electron chi connectivity index (χ0n) is 18.2. The number of nitrogens with one attached hydrogen (secondary N) is 1. The molecule has 1 aliphatic heterocycles. The lowest BCUT2D eigenvalue weighted by atomic mass is 10.0. The number of hydrogen-bond donors (Lipinski definition) is 1. The predicted molar refractivity (Wildman–Crippen MR) is 134 cm³/mol. The van der Waals surface area contributed by atoms with Gasteiger partial charge in [-0.05, 0) is 49.1 Å². The Kier molecular flexibility index (Phi) is 6.67. The molecule has 1 aliphatic rings. The fourth-order valence-corrected chi connectivity index (χ4v) is 4.51. The number of pyridine rings is 1. The van der Waals surface area contributed by atoms with Gasteiger partial charge in [0.1, 0.15) is 6.61 Å². The van der Waals surface area contributed by atoms with E-state index in [4.69, 9.17) is 37.8 Å². The number of halogens is 2. The molecule has 3 heterocycles. The van der Waals surface area contributed by atoms with Crippen molar-refractivity contribution in [3.8, 4) is 11.3 Å². The minimum Gasteiger partial charge on any atom is -0.408 e. The molecule has 0 amide bonds. The number of hydrogen-bond acceptors (Lipinski definition) is 6. The smallest absolute Gasteiger partial charge is 0.285 e. The van der Waals surface area contributed by atoms with E-state index in [0.717, 1.165) is 18.5 Å². The number of para-hydroxylation sites is 1. The third-order valence-corrected chi connectivity index (χ3v) is 6.35. The second-order valence-electron chi connectivity index (χ2n) is 8.04. The second kappa shape index (κ2) is 10.0. The summed E-state index contributed by atoms with van der Waals surface area (Å²) in [5.74, 6) is 0.593. The first kappa shape index (κ1) is 22.7. The lowest BCUT2D eigenvalue weighted by Gasteiger charge is -2.22. The van der Waals surface area contributed by atoms with Crippen LogP contribution in [0.25, 0.3) is 22.3 Å². The summed E-state index contributed by atoms with van der Waals surface area (Å²) in [6, 6.07) is 17.9. The number of rotatable bonds is 6. The van der Waals surface area contributed by atoms with Gasteiger partial charge in [-0.25, -0.2) is 4.98 Å². The third-order valence-electron chi connectivity index (χ3n) is 5.72. The molecule has 9 heteroatoms. The van der Waals surface area contributed by atoms with Crippen LogP contribution in [0.5, 0.6) is 0 Å².